The van der Waals surface area contributed by atoms with Gasteiger partial charge in [0.25, 0.3) is 0 Å². The predicted molar refractivity (Wildman–Crippen MR) is 200 cm³/mol. The second-order valence-electron chi connectivity index (χ2n) is 15.1. The number of hydrogen-bond donors (Lipinski definition) is 10. The van der Waals surface area contributed by atoms with Crippen molar-refractivity contribution in [2.45, 2.75) is 155 Å². The van der Waals surface area contributed by atoms with Crippen molar-refractivity contribution in [2.24, 2.45) is 11.8 Å². The maximum Gasteiger partial charge on any atom is 0.430 e. The van der Waals surface area contributed by atoms with Crippen LogP contribution < -0.4 is 42.7 Å². The molecule has 0 fully saturated rings. The zero-order chi connectivity index (χ0) is 47.1. The molecule has 0 aromatic heterocycles. The molecule has 0 saturated carbocycles. The van der Waals surface area contributed by atoms with Crippen LogP contribution in [0.4, 0.5) is 13.2 Å². The molecule has 0 unspecified atom stereocenters. The van der Waals surface area contributed by atoms with E-state index in [1.165, 1.54) is 6.92 Å². The molecule has 0 heterocycles. The first-order valence-electron chi connectivity index (χ1n) is 19.0. The molecule has 0 aliphatic heterocycles. The van der Waals surface area contributed by atoms with Gasteiger partial charge in [0, 0.05) is 68.7 Å². The fourth-order valence-electron chi connectivity index (χ4n) is 5.14. The molecule has 60 heavy (non-hydrogen) atoms. The predicted octanol–water partition coefficient (Wildman–Crippen LogP) is -2.06. The van der Waals surface area contributed by atoms with Gasteiger partial charge in [-0.05, 0) is 39.0 Å². The summed E-state index contributed by atoms with van der Waals surface area (Å²) in [5.74, 6) is -10.3. The van der Waals surface area contributed by atoms with Crippen LogP contribution in [0.3, 0.4) is 0 Å². The number of carbonyl (C=O) groups excluding carboxylic acids is 7. The molecule has 0 spiro atoms. The monoisotopic (exact) mass is 871 g/mol. The number of nitrogens with one attached hydrogen (secondary N) is 6. The first kappa shape index (κ1) is 56.5. The number of aliphatic carboxylic acids is 4. The Balaban J connectivity index is 0. The Morgan fingerprint density at radius 2 is 0.900 bits per heavy atom. The molecule has 0 aromatic rings. The zero-order valence-electron chi connectivity index (χ0n) is 34.7. The number of hydrogen-bond acceptors (Lipinski definition) is 11. The third kappa shape index (κ3) is 28.8. The fourth-order valence-corrected chi connectivity index (χ4v) is 5.14. The molecular weight excluding hydrogens is 811 g/mol. The maximum atomic E-state index is 13.1. The highest BCUT2D eigenvalue weighted by molar-refractivity contribution is 5.87. The third-order valence-corrected chi connectivity index (χ3v) is 8.19. The number of carboxylic acids is 4. The van der Waals surface area contributed by atoms with E-state index in [9.17, 15) is 61.4 Å². The van der Waals surface area contributed by atoms with Crippen molar-refractivity contribution in [3.8, 4) is 0 Å². The molecule has 0 bridgehead atoms. The molecule has 12 N–H and O–H groups in total. The minimum atomic E-state index is -5.19. The van der Waals surface area contributed by atoms with E-state index in [4.69, 9.17) is 20.1 Å². The fraction of sp³-hybridized carbons (Fsp3) is 0.722. The minimum Gasteiger partial charge on any atom is -0.542 e. The summed E-state index contributed by atoms with van der Waals surface area (Å²) in [4.78, 5) is 118. The number of carboxylic acid groups (broad SMARTS) is 4. The summed E-state index contributed by atoms with van der Waals surface area (Å²) in [6, 6.07) is -5.11. The van der Waals surface area contributed by atoms with Gasteiger partial charge in [-0.25, -0.2) is 4.79 Å². The lowest BCUT2D eigenvalue weighted by molar-refractivity contribution is -0.412. The lowest BCUT2D eigenvalue weighted by atomic mass is 9.98. The highest BCUT2D eigenvalue weighted by Gasteiger charge is 2.29. The van der Waals surface area contributed by atoms with E-state index < -0.39 is 102 Å². The normalized spacial score (nSPS) is 14.6. The quantitative estimate of drug-likeness (QED) is 0.0447. The number of amides is 6. The second kappa shape index (κ2) is 28.0. The Hall–Kier alpha value is -5.55. The van der Waals surface area contributed by atoms with Crippen molar-refractivity contribution in [2.75, 3.05) is 0 Å². The average Bonchev–Trinajstić information content (AvgIpc) is 3.04. The Morgan fingerprint density at radius 1 is 0.533 bits per heavy atom. The highest BCUT2D eigenvalue weighted by Crippen LogP contribution is 2.13. The van der Waals surface area contributed by atoms with Crippen LogP contribution in [0.15, 0.2) is 0 Å². The summed E-state index contributed by atoms with van der Waals surface area (Å²) < 4.78 is 31.5. The van der Waals surface area contributed by atoms with Gasteiger partial charge in [-0.2, -0.15) is 13.2 Å². The van der Waals surface area contributed by atoms with Gasteiger partial charge in [0.15, 0.2) is 0 Å². The molecule has 0 aliphatic carbocycles. The van der Waals surface area contributed by atoms with Gasteiger partial charge in [0.2, 0.25) is 35.4 Å². The van der Waals surface area contributed by atoms with E-state index in [2.05, 4.69) is 37.6 Å². The molecule has 344 valence electrons. The van der Waals surface area contributed by atoms with Crippen LogP contribution in [-0.2, 0) is 47.9 Å². The number of alkyl halides is 3. The summed E-state index contributed by atoms with van der Waals surface area (Å²) in [5.41, 5.74) is 3.80. The lowest BCUT2D eigenvalue weighted by Gasteiger charge is -2.26. The van der Waals surface area contributed by atoms with Crippen molar-refractivity contribution in [3.05, 3.63) is 0 Å². The lowest BCUT2D eigenvalue weighted by Crippen LogP contribution is -2.60. The summed E-state index contributed by atoms with van der Waals surface area (Å²) in [7, 11) is 0. The van der Waals surface area contributed by atoms with Crippen LogP contribution in [-0.4, -0.2) is 123 Å². The molecule has 7 atom stereocenters. The Labute approximate surface area is 344 Å². The molecule has 21 nitrogen and oxygen atoms in total. The topological polar surface area (TPSA) is 354 Å². The second-order valence-corrected chi connectivity index (χ2v) is 15.1. The highest BCUT2D eigenvalue weighted by atomic mass is 19.4. The molecule has 0 aliphatic rings. The minimum absolute atomic E-state index is 0.0322. The number of halogens is 3. The zero-order valence-corrected chi connectivity index (χ0v) is 34.7. The molecule has 24 heteroatoms. The van der Waals surface area contributed by atoms with Crippen LogP contribution in [0.2, 0.25) is 0 Å². The summed E-state index contributed by atoms with van der Waals surface area (Å²) in [5, 5.41) is 51.6. The standard InChI is InChI=1S/C34H59N7O12.C2HF3O2/c1-17(2)23(14-30(46)37-20(6)11-27(43)36-21(7)12-28(44)41-25(34(52)53)16-33(50)51)40-29(45)13-22(8-9-32(48)49)38-31(47)15-24(18(3)4)39-26(42)10-19(5)35;3-2(4,5)1(6)7/h17-25H,8-16,35H2,1-7H3,(H,36,43)(H,37,46)(H,38,47)(H,39,42)(H,40,45)(H,41,44)(H,48,49)(H,50,51)(H,52,53);(H,6,7)/t19-,20-,21-,22-,23+,24+,25+;/m0./s1. The molecule has 6 amide bonds. The smallest absolute Gasteiger partial charge is 0.430 e. The van der Waals surface area contributed by atoms with E-state index in [1.807, 2.05) is 13.8 Å². The number of carbonyl (C=O) groups is 10. The van der Waals surface area contributed by atoms with E-state index in [0.29, 0.717) is 0 Å². The maximum absolute atomic E-state index is 13.1. The summed E-state index contributed by atoms with van der Waals surface area (Å²) in [6.07, 6.45) is -7.15. The molecule has 0 aromatic carbocycles. The molecule has 0 rings (SSSR count). The van der Waals surface area contributed by atoms with Crippen LogP contribution in [0.25, 0.3) is 0 Å². The van der Waals surface area contributed by atoms with E-state index >= 15 is 0 Å². The van der Waals surface area contributed by atoms with Gasteiger partial charge >= 0.3 is 24.1 Å². The first-order chi connectivity index (χ1) is 27.4. The van der Waals surface area contributed by atoms with Crippen molar-refractivity contribution >= 4 is 59.3 Å². The van der Waals surface area contributed by atoms with Crippen LogP contribution in [0.1, 0.15) is 106 Å². The van der Waals surface area contributed by atoms with E-state index in [0.717, 1.165) is 0 Å². The van der Waals surface area contributed by atoms with Gasteiger partial charge in [-0.3, -0.25) is 38.4 Å². The van der Waals surface area contributed by atoms with Gasteiger partial charge in [0.1, 0.15) is 12.0 Å². The number of quaternary nitrogens is 1. The Bertz CT molecular complexity index is 1490. The molecule has 0 saturated heterocycles. The van der Waals surface area contributed by atoms with Gasteiger partial charge < -0.3 is 62.9 Å². The number of rotatable bonds is 26. The van der Waals surface area contributed by atoms with Crippen molar-refractivity contribution < 1.29 is 87.3 Å². The van der Waals surface area contributed by atoms with Crippen LogP contribution >= 0.6 is 0 Å². The van der Waals surface area contributed by atoms with Gasteiger partial charge in [-0.15, -0.1) is 0 Å². The largest absolute Gasteiger partial charge is 0.542 e. The van der Waals surface area contributed by atoms with Gasteiger partial charge in [0.05, 0.1) is 18.9 Å². The Morgan fingerprint density at radius 3 is 1.25 bits per heavy atom. The first-order valence-corrected chi connectivity index (χ1v) is 19.0. The van der Waals surface area contributed by atoms with Crippen LogP contribution in [0.5, 0.6) is 0 Å². The molecular formula is C36H60F3N7O14. The van der Waals surface area contributed by atoms with E-state index in [1.54, 1.807) is 27.7 Å². The third-order valence-electron chi connectivity index (χ3n) is 8.19. The SMILES string of the molecule is CC(C)[C@@H](CC(=O)N[C@@H](CCC(=O)O)CC(=O)N[C@H](CC(=O)N[C@@H](C)CC(=O)N[C@@H](C)CC(=O)N[C@H](CC(=O)O)C(=O)O)C(C)C)NC(=O)C[C@H](C)[NH3+].O=C([O-])C(F)(F)F. The van der Waals surface area contributed by atoms with Crippen molar-refractivity contribution in [1.29, 1.82) is 0 Å². The summed E-state index contributed by atoms with van der Waals surface area (Å²) >= 11 is 0. The summed E-state index contributed by atoms with van der Waals surface area (Å²) in [6.45, 7) is 12.1. The molecule has 0 radical (unpaired) electrons. The average molecular weight is 872 g/mol. The van der Waals surface area contributed by atoms with Gasteiger partial charge in [-0.1, -0.05) is 27.7 Å². The van der Waals surface area contributed by atoms with Crippen molar-refractivity contribution in [3.63, 3.8) is 0 Å². The van der Waals surface area contributed by atoms with Crippen molar-refractivity contribution in [1.82, 2.24) is 31.9 Å². The van der Waals surface area contributed by atoms with E-state index in [-0.39, 0.29) is 75.2 Å². The van der Waals surface area contributed by atoms with Crippen LogP contribution in [0, 0.1) is 11.8 Å². The Kier molecular flexibility index (Phi) is 26.4.